The summed E-state index contributed by atoms with van der Waals surface area (Å²) < 4.78 is 18.7. The standard InChI is InChI=1S/C27H29FN4O3/c1-2-35-25-8-4-3-7-23(25)31-27(34)30-21-13-14-24(32-15-5-6-16-32)22(17-21)26(33)29-18-19-9-11-20(28)12-10-19/h3-4,7-14,17H,2,5-6,15-16,18H2,1H3,(H,29,33)(H2,30,31,34). The van der Waals surface area contributed by atoms with Crippen LogP contribution >= 0.6 is 0 Å². The van der Waals surface area contributed by atoms with Crippen molar-refractivity contribution in [2.45, 2.75) is 26.3 Å². The summed E-state index contributed by atoms with van der Waals surface area (Å²) in [6.07, 6.45) is 2.14. The molecular weight excluding hydrogens is 447 g/mol. The fraction of sp³-hybridized carbons (Fsp3) is 0.259. The predicted octanol–water partition coefficient (Wildman–Crippen LogP) is 5.40. The van der Waals surface area contributed by atoms with Gasteiger partial charge in [0.25, 0.3) is 5.91 Å². The molecule has 1 aliphatic heterocycles. The normalized spacial score (nSPS) is 12.8. The van der Waals surface area contributed by atoms with Gasteiger partial charge in [0.15, 0.2) is 0 Å². The minimum atomic E-state index is -0.441. The van der Waals surface area contributed by atoms with Crippen LogP contribution in [0.3, 0.4) is 0 Å². The van der Waals surface area contributed by atoms with Crippen LogP contribution in [0.25, 0.3) is 0 Å². The molecule has 0 aromatic heterocycles. The van der Waals surface area contributed by atoms with Gasteiger partial charge in [-0.1, -0.05) is 24.3 Å². The highest BCUT2D eigenvalue weighted by molar-refractivity contribution is 6.04. The van der Waals surface area contributed by atoms with Crippen LogP contribution in [0.5, 0.6) is 5.75 Å². The third-order valence-corrected chi connectivity index (χ3v) is 5.75. The van der Waals surface area contributed by atoms with Gasteiger partial charge in [-0.15, -0.1) is 0 Å². The molecule has 3 amide bonds. The molecule has 7 nitrogen and oxygen atoms in total. The zero-order chi connectivity index (χ0) is 24.6. The molecule has 0 radical (unpaired) electrons. The van der Waals surface area contributed by atoms with Gasteiger partial charge in [0.05, 0.1) is 17.9 Å². The number of ether oxygens (including phenoxy) is 1. The molecule has 0 spiro atoms. The smallest absolute Gasteiger partial charge is 0.323 e. The van der Waals surface area contributed by atoms with Gasteiger partial charge in [-0.3, -0.25) is 4.79 Å². The molecule has 3 N–H and O–H groups in total. The molecule has 35 heavy (non-hydrogen) atoms. The summed E-state index contributed by atoms with van der Waals surface area (Å²) in [6, 6.07) is 18.1. The number of nitrogens with zero attached hydrogens (tertiary/aromatic N) is 1. The molecule has 1 saturated heterocycles. The van der Waals surface area contributed by atoms with Crippen molar-refractivity contribution in [3.05, 3.63) is 83.7 Å². The number of rotatable bonds is 8. The van der Waals surface area contributed by atoms with Crippen LogP contribution in [0.4, 0.5) is 26.2 Å². The molecule has 0 atom stereocenters. The lowest BCUT2D eigenvalue weighted by molar-refractivity contribution is 0.0951. The topological polar surface area (TPSA) is 82.7 Å². The lowest BCUT2D eigenvalue weighted by Gasteiger charge is -2.22. The quantitative estimate of drug-likeness (QED) is 0.407. The first-order chi connectivity index (χ1) is 17.0. The van der Waals surface area contributed by atoms with Gasteiger partial charge in [0.2, 0.25) is 0 Å². The van der Waals surface area contributed by atoms with E-state index in [1.165, 1.54) is 12.1 Å². The van der Waals surface area contributed by atoms with Crippen LogP contribution in [0.15, 0.2) is 66.7 Å². The lowest BCUT2D eigenvalue weighted by atomic mass is 10.1. The molecule has 0 aliphatic carbocycles. The first-order valence-electron chi connectivity index (χ1n) is 11.7. The monoisotopic (exact) mass is 476 g/mol. The minimum absolute atomic E-state index is 0.262. The molecule has 0 unspecified atom stereocenters. The zero-order valence-corrected chi connectivity index (χ0v) is 19.6. The van der Waals surface area contributed by atoms with Gasteiger partial charge < -0.3 is 25.6 Å². The number of hydrogen-bond acceptors (Lipinski definition) is 4. The Bertz CT molecular complexity index is 1180. The highest BCUT2D eigenvalue weighted by Crippen LogP contribution is 2.28. The van der Waals surface area contributed by atoms with E-state index in [0.29, 0.717) is 29.3 Å². The predicted molar refractivity (Wildman–Crippen MR) is 136 cm³/mol. The Morgan fingerprint density at radius 3 is 2.46 bits per heavy atom. The Balaban J connectivity index is 1.50. The minimum Gasteiger partial charge on any atom is -0.492 e. The van der Waals surface area contributed by atoms with Crippen LogP contribution < -0.4 is 25.6 Å². The highest BCUT2D eigenvalue weighted by atomic mass is 19.1. The Morgan fingerprint density at radius 1 is 0.971 bits per heavy atom. The number of nitrogens with one attached hydrogen (secondary N) is 3. The Morgan fingerprint density at radius 2 is 1.71 bits per heavy atom. The maximum Gasteiger partial charge on any atom is 0.323 e. The summed E-state index contributed by atoms with van der Waals surface area (Å²) in [5, 5.41) is 8.51. The average Bonchev–Trinajstić information content (AvgIpc) is 3.40. The summed E-state index contributed by atoms with van der Waals surface area (Å²) in [6.45, 7) is 4.38. The average molecular weight is 477 g/mol. The summed E-state index contributed by atoms with van der Waals surface area (Å²) in [5.41, 5.74) is 3.14. The first-order valence-corrected chi connectivity index (χ1v) is 11.7. The second kappa shape index (κ2) is 11.4. The number of carbonyl (C=O) groups is 2. The van der Waals surface area contributed by atoms with E-state index in [1.807, 2.05) is 25.1 Å². The Kier molecular flexibility index (Phi) is 7.82. The molecule has 182 valence electrons. The van der Waals surface area contributed by atoms with Crippen molar-refractivity contribution in [2.24, 2.45) is 0 Å². The van der Waals surface area contributed by atoms with E-state index >= 15 is 0 Å². The molecule has 0 saturated carbocycles. The van der Waals surface area contributed by atoms with Gasteiger partial charge in [-0.25, -0.2) is 9.18 Å². The second-order valence-electron chi connectivity index (χ2n) is 8.24. The SMILES string of the molecule is CCOc1ccccc1NC(=O)Nc1ccc(N2CCCC2)c(C(=O)NCc2ccc(F)cc2)c1. The summed E-state index contributed by atoms with van der Waals surface area (Å²) in [7, 11) is 0. The Labute approximate surface area is 204 Å². The molecule has 1 fully saturated rings. The van der Waals surface area contributed by atoms with Crippen molar-refractivity contribution in [2.75, 3.05) is 35.2 Å². The molecular formula is C27H29FN4O3. The van der Waals surface area contributed by atoms with Gasteiger partial charge in [-0.05, 0) is 67.8 Å². The number of amides is 3. The first kappa shape index (κ1) is 24.1. The molecule has 0 bridgehead atoms. The number of hydrogen-bond donors (Lipinski definition) is 3. The number of halogens is 1. The maximum absolute atomic E-state index is 13.2. The van der Waals surface area contributed by atoms with E-state index in [9.17, 15) is 14.0 Å². The highest BCUT2D eigenvalue weighted by Gasteiger charge is 2.20. The van der Waals surface area contributed by atoms with Crippen LogP contribution in [0.2, 0.25) is 0 Å². The third-order valence-electron chi connectivity index (χ3n) is 5.75. The van der Waals surface area contributed by atoms with Crippen LogP contribution in [0, 0.1) is 5.82 Å². The van der Waals surface area contributed by atoms with Crippen molar-refractivity contribution in [1.29, 1.82) is 0 Å². The summed E-state index contributed by atoms with van der Waals surface area (Å²) >= 11 is 0. The van der Waals surface area contributed by atoms with Crippen molar-refractivity contribution < 1.29 is 18.7 Å². The second-order valence-corrected chi connectivity index (χ2v) is 8.24. The van der Waals surface area contributed by atoms with Gasteiger partial charge >= 0.3 is 6.03 Å². The number of para-hydroxylation sites is 2. The molecule has 8 heteroatoms. The fourth-order valence-electron chi connectivity index (χ4n) is 4.05. The fourth-order valence-corrected chi connectivity index (χ4v) is 4.05. The third kappa shape index (κ3) is 6.29. The summed E-state index contributed by atoms with van der Waals surface area (Å²) in [4.78, 5) is 28.0. The van der Waals surface area contributed by atoms with E-state index in [4.69, 9.17) is 4.74 Å². The van der Waals surface area contributed by atoms with Crippen molar-refractivity contribution >= 4 is 29.0 Å². The van der Waals surface area contributed by atoms with E-state index in [-0.39, 0.29) is 18.3 Å². The van der Waals surface area contributed by atoms with Crippen LogP contribution in [0.1, 0.15) is 35.7 Å². The van der Waals surface area contributed by atoms with Crippen molar-refractivity contribution in [1.82, 2.24) is 5.32 Å². The lowest BCUT2D eigenvalue weighted by Crippen LogP contribution is -2.27. The van der Waals surface area contributed by atoms with E-state index in [1.54, 1.807) is 36.4 Å². The molecule has 1 heterocycles. The van der Waals surface area contributed by atoms with E-state index < -0.39 is 6.03 Å². The van der Waals surface area contributed by atoms with E-state index in [0.717, 1.165) is 37.2 Å². The number of carbonyl (C=O) groups excluding carboxylic acids is 2. The number of anilines is 3. The number of benzene rings is 3. The number of urea groups is 1. The van der Waals surface area contributed by atoms with Crippen molar-refractivity contribution in [3.8, 4) is 5.75 Å². The largest absolute Gasteiger partial charge is 0.492 e. The van der Waals surface area contributed by atoms with Crippen LogP contribution in [-0.2, 0) is 6.54 Å². The Hall–Kier alpha value is -4.07. The van der Waals surface area contributed by atoms with Gasteiger partial charge in [0.1, 0.15) is 11.6 Å². The zero-order valence-electron chi connectivity index (χ0n) is 19.6. The van der Waals surface area contributed by atoms with Crippen molar-refractivity contribution in [3.63, 3.8) is 0 Å². The maximum atomic E-state index is 13.2. The molecule has 3 aromatic carbocycles. The molecule has 3 aromatic rings. The van der Waals surface area contributed by atoms with Gasteiger partial charge in [-0.2, -0.15) is 0 Å². The molecule has 4 rings (SSSR count). The van der Waals surface area contributed by atoms with E-state index in [2.05, 4.69) is 20.9 Å². The molecule has 1 aliphatic rings. The van der Waals surface area contributed by atoms with Gasteiger partial charge in [0, 0.05) is 31.0 Å². The van der Waals surface area contributed by atoms with Crippen LogP contribution in [-0.4, -0.2) is 31.6 Å². The summed E-state index contributed by atoms with van der Waals surface area (Å²) in [5.74, 6) is -0.00491.